The number of rotatable bonds is 7. The van der Waals surface area contributed by atoms with Crippen molar-refractivity contribution in [1.82, 2.24) is 14.5 Å². The van der Waals surface area contributed by atoms with Crippen molar-refractivity contribution in [1.29, 1.82) is 0 Å². The van der Waals surface area contributed by atoms with Crippen LogP contribution in [0.4, 0.5) is 0 Å². The van der Waals surface area contributed by atoms with Crippen LogP contribution in [0.3, 0.4) is 0 Å². The molecule has 4 rings (SSSR count). The Kier molecular flexibility index (Phi) is 7.74. The Morgan fingerprint density at radius 2 is 2.06 bits per heavy atom. The van der Waals surface area contributed by atoms with Gasteiger partial charge in [-0.05, 0) is 62.3 Å². The molecule has 3 heterocycles. The monoisotopic (exact) mass is 459 g/mol. The van der Waals surface area contributed by atoms with Gasteiger partial charge in [-0.25, -0.2) is 4.98 Å². The van der Waals surface area contributed by atoms with E-state index in [1.807, 2.05) is 6.07 Å². The molecule has 1 saturated heterocycles. The summed E-state index contributed by atoms with van der Waals surface area (Å²) in [4.78, 5) is 30.7. The van der Waals surface area contributed by atoms with Gasteiger partial charge in [0.05, 0.1) is 17.0 Å². The molecule has 2 N–H and O–H groups in total. The molecule has 1 aromatic carbocycles. The van der Waals surface area contributed by atoms with Crippen LogP contribution < -0.4 is 5.56 Å². The Balaban J connectivity index is 0.00000289. The Morgan fingerprint density at radius 3 is 2.75 bits per heavy atom. The Hall–Kier alpha value is -2.64. The highest BCUT2D eigenvalue weighted by atomic mass is 35.5. The van der Waals surface area contributed by atoms with Crippen LogP contribution in [-0.2, 0) is 22.5 Å². The Labute approximate surface area is 193 Å². The smallest absolute Gasteiger partial charge is 0.306 e. The maximum Gasteiger partial charge on any atom is 0.306 e. The molecule has 0 unspecified atom stereocenters. The lowest BCUT2D eigenvalue weighted by atomic mass is 9.99. The molecule has 0 amide bonds. The van der Waals surface area contributed by atoms with Gasteiger partial charge in [-0.2, -0.15) is 0 Å². The molecule has 0 spiro atoms. The molecule has 0 bridgehead atoms. The molecule has 3 aromatic rings. The molecule has 0 aliphatic carbocycles. The largest absolute Gasteiger partial charge is 0.481 e. The highest BCUT2D eigenvalue weighted by molar-refractivity contribution is 5.85. The van der Waals surface area contributed by atoms with E-state index in [0.717, 1.165) is 60.6 Å². The van der Waals surface area contributed by atoms with Crippen LogP contribution in [0.15, 0.2) is 35.3 Å². The summed E-state index contributed by atoms with van der Waals surface area (Å²) in [6.45, 7) is 5.96. The number of aryl methyl sites for hydroxylation is 2. The molecular weight excluding hydrogens is 430 g/mol. The maximum absolute atomic E-state index is 11.9. The number of carboxylic acid groups (broad SMARTS) is 1. The number of ether oxygens (including phenoxy) is 1. The van der Waals surface area contributed by atoms with Crippen LogP contribution in [0.25, 0.3) is 22.4 Å². The van der Waals surface area contributed by atoms with Crippen molar-refractivity contribution < 1.29 is 14.6 Å². The third-order valence-electron chi connectivity index (χ3n) is 6.23. The van der Waals surface area contributed by atoms with E-state index < -0.39 is 5.97 Å². The molecule has 1 aliphatic rings. The van der Waals surface area contributed by atoms with Crippen molar-refractivity contribution in [3.63, 3.8) is 0 Å². The lowest BCUT2D eigenvalue weighted by Crippen LogP contribution is -2.21. The minimum absolute atomic E-state index is 0. The molecule has 2 aromatic heterocycles. The average Bonchev–Trinajstić information content (AvgIpc) is 3.12. The molecule has 32 heavy (non-hydrogen) atoms. The van der Waals surface area contributed by atoms with E-state index in [9.17, 15) is 9.59 Å². The van der Waals surface area contributed by atoms with Crippen molar-refractivity contribution in [3.05, 3.63) is 51.9 Å². The second-order valence-electron chi connectivity index (χ2n) is 8.60. The van der Waals surface area contributed by atoms with Crippen molar-refractivity contribution in [2.24, 2.45) is 11.8 Å². The summed E-state index contributed by atoms with van der Waals surface area (Å²) in [5.41, 5.74) is 4.49. The van der Waals surface area contributed by atoms with Gasteiger partial charge >= 0.3 is 5.97 Å². The third kappa shape index (κ3) is 5.22. The van der Waals surface area contributed by atoms with E-state index in [-0.39, 0.29) is 23.9 Å². The number of pyridine rings is 1. The predicted octanol–water partition coefficient (Wildman–Crippen LogP) is 4.20. The first-order valence-corrected chi connectivity index (χ1v) is 10.9. The van der Waals surface area contributed by atoms with Crippen molar-refractivity contribution in [2.45, 2.75) is 46.1 Å². The molecular formula is C24H30ClN3O4. The number of nitrogens with one attached hydrogen (secondary N) is 1. The first-order chi connectivity index (χ1) is 14.9. The van der Waals surface area contributed by atoms with E-state index in [0.29, 0.717) is 24.3 Å². The standard InChI is InChI=1S/C24H29N3O4.ClH/c1-15(24(29)30)3-4-17-5-6-21-20(12-17)26-22(19-11-16(2)23(28)25-13-19)27(21)14-18-7-9-31-10-8-18;/h5-6,11-13,15,18H,3-4,7-10,14H2,1-2H3,(H,25,28)(H,29,30);1H/t15-;/m1./s1. The number of aromatic nitrogens is 3. The van der Waals surface area contributed by atoms with Crippen molar-refractivity contribution >= 4 is 29.4 Å². The number of halogens is 1. The number of benzene rings is 1. The first-order valence-electron chi connectivity index (χ1n) is 10.9. The van der Waals surface area contributed by atoms with Crippen LogP contribution >= 0.6 is 12.4 Å². The highest BCUT2D eigenvalue weighted by Gasteiger charge is 2.20. The summed E-state index contributed by atoms with van der Waals surface area (Å²) in [6, 6.07) is 8.10. The SMILES string of the molecule is Cc1cc(-c2nc3cc(CC[C@@H](C)C(=O)O)ccc3n2CC2CCOCC2)c[nH]c1=O.Cl. The van der Waals surface area contributed by atoms with Gasteiger partial charge in [-0.1, -0.05) is 13.0 Å². The fourth-order valence-electron chi connectivity index (χ4n) is 4.16. The lowest BCUT2D eigenvalue weighted by molar-refractivity contribution is -0.141. The number of hydrogen-bond donors (Lipinski definition) is 2. The number of nitrogens with zero attached hydrogens (tertiary/aromatic N) is 2. The fourth-order valence-corrected chi connectivity index (χ4v) is 4.16. The van der Waals surface area contributed by atoms with E-state index in [1.165, 1.54) is 0 Å². The number of H-pyrrole nitrogens is 1. The zero-order valence-electron chi connectivity index (χ0n) is 18.5. The van der Waals surface area contributed by atoms with Gasteiger partial charge in [-0.3, -0.25) is 9.59 Å². The van der Waals surface area contributed by atoms with Crippen LogP contribution in [-0.4, -0.2) is 38.8 Å². The second kappa shape index (κ2) is 10.3. The summed E-state index contributed by atoms with van der Waals surface area (Å²) in [5.74, 6) is 0.223. The normalized spacial score (nSPS) is 15.4. The second-order valence-corrected chi connectivity index (χ2v) is 8.60. The molecule has 1 aliphatic heterocycles. The van der Waals surface area contributed by atoms with E-state index in [1.54, 1.807) is 20.0 Å². The number of hydrogen-bond acceptors (Lipinski definition) is 4. The summed E-state index contributed by atoms with van der Waals surface area (Å²) >= 11 is 0. The molecule has 1 atom stereocenters. The van der Waals surface area contributed by atoms with Gasteiger partial charge < -0.3 is 19.4 Å². The van der Waals surface area contributed by atoms with Gasteiger partial charge in [-0.15, -0.1) is 12.4 Å². The third-order valence-corrected chi connectivity index (χ3v) is 6.23. The Bertz CT molecular complexity index is 1150. The minimum Gasteiger partial charge on any atom is -0.481 e. The number of carboxylic acids is 1. The van der Waals surface area contributed by atoms with Gasteiger partial charge in [0.15, 0.2) is 0 Å². The van der Waals surface area contributed by atoms with Gasteiger partial charge in [0, 0.05) is 37.1 Å². The zero-order valence-corrected chi connectivity index (χ0v) is 19.3. The lowest BCUT2D eigenvalue weighted by Gasteiger charge is -2.23. The Morgan fingerprint density at radius 1 is 1.31 bits per heavy atom. The molecule has 1 fully saturated rings. The summed E-state index contributed by atoms with van der Waals surface area (Å²) in [7, 11) is 0. The predicted molar refractivity (Wildman–Crippen MR) is 126 cm³/mol. The van der Waals surface area contributed by atoms with Gasteiger partial charge in [0.25, 0.3) is 5.56 Å². The van der Waals surface area contributed by atoms with Crippen LogP contribution in [0.2, 0.25) is 0 Å². The highest BCUT2D eigenvalue weighted by Crippen LogP contribution is 2.29. The molecule has 0 radical (unpaired) electrons. The van der Waals surface area contributed by atoms with E-state index in [4.69, 9.17) is 14.8 Å². The van der Waals surface area contributed by atoms with Crippen molar-refractivity contribution in [3.8, 4) is 11.4 Å². The van der Waals surface area contributed by atoms with Crippen LogP contribution in [0, 0.1) is 18.8 Å². The quantitative estimate of drug-likeness (QED) is 0.551. The number of fused-ring (bicyclic) bond motifs is 1. The van der Waals surface area contributed by atoms with E-state index in [2.05, 4.69) is 27.8 Å². The van der Waals surface area contributed by atoms with E-state index >= 15 is 0 Å². The molecule has 8 heteroatoms. The van der Waals surface area contributed by atoms with Gasteiger partial charge in [0.2, 0.25) is 0 Å². The maximum atomic E-state index is 11.9. The number of aromatic amines is 1. The number of aliphatic carboxylic acids is 1. The molecule has 7 nitrogen and oxygen atoms in total. The van der Waals surface area contributed by atoms with Gasteiger partial charge in [0.1, 0.15) is 5.82 Å². The summed E-state index contributed by atoms with van der Waals surface area (Å²) in [5, 5.41) is 9.15. The summed E-state index contributed by atoms with van der Waals surface area (Å²) < 4.78 is 7.77. The van der Waals surface area contributed by atoms with Crippen LogP contribution in [0.5, 0.6) is 0 Å². The first kappa shape index (κ1) is 24.0. The fraction of sp³-hybridized carbons (Fsp3) is 0.458. The topological polar surface area (TPSA) is 97.2 Å². The zero-order chi connectivity index (χ0) is 22.0. The van der Waals surface area contributed by atoms with Crippen molar-refractivity contribution in [2.75, 3.05) is 13.2 Å². The number of imidazole rings is 1. The molecule has 172 valence electrons. The molecule has 0 saturated carbocycles. The summed E-state index contributed by atoms with van der Waals surface area (Å²) in [6.07, 6.45) is 5.06. The average molecular weight is 460 g/mol. The minimum atomic E-state index is -0.766. The van der Waals surface area contributed by atoms with Crippen LogP contribution in [0.1, 0.15) is 37.3 Å². The number of carbonyl (C=O) groups is 1.